The van der Waals surface area contributed by atoms with Crippen LogP contribution in [0.1, 0.15) is 23.1 Å². The molecule has 3 aromatic carbocycles. The fourth-order valence-corrected chi connectivity index (χ4v) is 5.43. The monoisotopic (exact) mass is 444 g/mol. The van der Waals surface area contributed by atoms with Gasteiger partial charge in [-0.05, 0) is 34.4 Å². The third-order valence-corrected chi connectivity index (χ3v) is 7.28. The average Bonchev–Trinajstić information content (AvgIpc) is 2.74. The summed E-state index contributed by atoms with van der Waals surface area (Å²) >= 11 is 0. The van der Waals surface area contributed by atoms with Gasteiger partial charge in [-0.15, -0.1) is 0 Å². The second-order valence-electron chi connectivity index (χ2n) is 7.29. The Morgan fingerprint density at radius 1 is 0.806 bits per heavy atom. The van der Waals surface area contributed by atoms with Crippen molar-refractivity contribution in [3.8, 4) is 5.75 Å². The van der Waals surface area contributed by atoms with E-state index in [1.165, 1.54) is 7.11 Å². The summed E-state index contributed by atoms with van der Waals surface area (Å²) in [7, 11) is -3.96. The van der Waals surface area contributed by atoms with E-state index >= 15 is 0 Å². The first kappa shape index (κ1) is 21.2. The minimum absolute atomic E-state index is 0.154. The van der Waals surface area contributed by atoms with Gasteiger partial charge in [0.1, 0.15) is 5.75 Å². The average molecular weight is 444 g/mol. The summed E-state index contributed by atoms with van der Waals surface area (Å²) in [6.45, 7) is 0. The molecule has 31 heavy (non-hydrogen) atoms. The van der Waals surface area contributed by atoms with Gasteiger partial charge in [0.15, 0.2) is 0 Å². The molecule has 3 aromatic rings. The Bertz CT molecular complexity index is 1220. The van der Waals surface area contributed by atoms with Crippen LogP contribution in [0.3, 0.4) is 0 Å². The van der Waals surface area contributed by atoms with E-state index in [0.717, 1.165) is 5.56 Å². The number of sulfone groups is 1. The lowest BCUT2D eigenvalue weighted by Crippen LogP contribution is -2.43. The standard InChI is InChI=1S/C24H19F3O3S/c1-30-20-14-12-19(13-15-20)23(18-10-6-3-7-11-18)16-21(31(28,29)24(25,26)27)22(23)17-8-4-2-5-9-17/h2-15H,16H2,1H3/t23-/m0/s1. The lowest BCUT2D eigenvalue weighted by molar-refractivity contribution is -0.0428. The number of rotatable bonds is 5. The molecule has 0 N–H and O–H groups in total. The predicted molar refractivity (Wildman–Crippen MR) is 113 cm³/mol. The number of ether oxygens (including phenoxy) is 1. The van der Waals surface area contributed by atoms with Crippen LogP contribution in [-0.4, -0.2) is 21.0 Å². The zero-order chi connectivity index (χ0) is 22.3. The first-order chi connectivity index (χ1) is 14.7. The normalized spacial score (nSPS) is 19.1. The highest BCUT2D eigenvalue weighted by atomic mass is 32.2. The Morgan fingerprint density at radius 3 is 1.84 bits per heavy atom. The highest BCUT2D eigenvalue weighted by Crippen LogP contribution is 2.60. The maximum Gasteiger partial charge on any atom is 0.501 e. The number of benzene rings is 3. The topological polar surface area (TPSA) is 43.4 Å². The summed E-state index contributed by atoms with van der Waals surface area (Å²) in [5, 5.41) is 0. The fourth-order valence-electron chi connectivity index (χ4n) is 4.19. The van der Waals surface area contributed by atoms with Crippen molar-refractivity contribution in [1.29, 1.82) is 0 Å². The molecule has 1 aliphatic carbocycles. The van der Waals surface area contributed by atoms with E-state index in [-0.39, 0.29) is 12.0 Å². The minimum atomic E-state index is -5.48. The number of allylic oxidation sites excluding steroid dienone is 2. The molecule has 0 saturated heterocycles. The van der Waals surface area contributed by atoms with Gasteiger partial charge >= 0.3 is 5.51 Å². The van der Waals surface area contributed by atoms with Gasteiger partial charge in [-0.2, -0.15) is 13.2 Å². The van der Waals surface area contributed by atoms with Crippen LogP contribution < -0.4 is 4.74 Å². The van der Waals surface area contributed by atoms with Gasteiger partial charge in [-0.3, -0.25) is 0 Å². The van der Waals surface area contributed by atoms with Crippen LogP contribution in [0.5, 0.6) is 5.75 Å². The minimum Gasteiger partial charge on any atom is -0.497 e. The number of hydrogen-bond donors (Lipinski definition) is 0. The molecular formula is C24H19F3O3S. The Labute approximate surface area is 178 Å². The molecular weight excluding hydrogens is 425 g/mol. The van der Waals surface area contributed by atoms with E-state index in [2.05, 4.69) is 0 Å². The first-order valence-corrected chi connectivity index (χ1v) is 11.0. The SMILES string of the molecule is COc1ccc([C@@]2(c3ccccc3)CC(S(=O)(=O)C(F)(F)F)=C2c2ccccc2)cc1. The molecule has 0 aromatic heterocycles. The van der Waals surface area contributed by atoms with Crippen LogP contribution in [0.25, 0.3) is 5.57 Å². The molecule has 160 valence electrons. The largest absolute Gasteiger partial charge is 0.501 e. The van der Waals surface area contributed by atoms with Crippen molar-refractivity contribution in [3.63, 3.8) is 0 Å². The van der Waals surface area contributed by atoms with Crippen LogP contribution in [-0.2, 0) is 15.3 Å². The highest BCUT2D eigenvalue weighted by molar-refractivity contribution is 7.96. The van der Waals surface area contributed by atoms with Crippen molar-refractivity contribution in [3.05, 3.63) is 107 Å². The van der Waals surface area contributed by atoms with Crippen molar-refractivity contribution in [2.75, 3.05) is 7.11 Å². The third kappa shape index (κ3) is 3.33. The second kappa shape index (κ2) is 7.57. The Hall–Kier alpha value is -3.06. The Kier molecular flexibility index (Phi) is 5.17. The van der Waals surface area contributed by atoms with Crippen LogP contribution in [0.15, 0.2) is 89.8 Å². The second-order valence-corrected chi connectivity index (χ2v) is 9.25. The zero-order valence-corrected chi connectivity index (χ0v) is 17.4. The number of halogens is 3. The maximum absolute atomic E-state index is 13.5. The van der Waals surface area contributed by atoms with Crippen molar-refractivity contribution in [2.24, 2.45) is 0 Å². The smallest absolute Gasteiger partial charge is 0.497 e. The van der Waals surface area contributed by atoms with Gasteiger partial charge in [0.25, 0.3) is 9.84 Å². The summed E-state index contributed by atoms with van der Waals surface area (Å²) in [6, 6.07) is 24.4. The van der Waals surface area contributed by atoms with Gasteiger partial charge in [0.2, 0.25) is 0 Å². The quantitative estimate of drug-likeness (QED) is 0.505. The molecule has 0 saturated carbocycles. The van der Waals surface area contributed by atoms with Gasteiger partial charge in [0, 0.05) is 6.42 Å². The van der Waals surface area contributed by atoms with Crippen molar-refractivity contribution in [2.45, 2.75) is 17.3 Å². The van der Waals surface area contributed by atoms with Crippen molar-refractivity contribution >= 4 is 15.4 Å². The van der Waals surface area contributed by atoms with Gasteiger partial charge in [-0.1, -0.05) is 72.8 Å². The molecule has 0 spiro atoms. The maximum atomic E-state index is 13.5. The third-order valence-electron chi connectivity index (χ3n) is 5.67. The molecule has 0 unspecified atom stereocenters. The fraction of sp³-hybridized carbons (Fsp3) is 0.167. The first-order valence-electron chi connectivity index (χ1n) is 9.52. The lowest BCUT2D eigenvalue weighted by Gasteiger charge is -2.47. The molecule has 1 aliphatic rings. The Morgan fingerprint density at radius 2 is 1.32 bits per heavy atom. The highest BCUT2D eigenvalue weighted by Gasteiger charge is 2.59. The van der Waals surface area contributed by atoms with Crippen LogP contribution >= 0.6 is 0 Å². The van der Waals surface area contributed by atoms with E-state index in [4.69, 9.17) is 4.74 Å². The van der Waals surface area contributed by atoms with E-state index in [0.29, 0.717) is 16.9 Å². The summed E-state index contributed by atoms with van der Waals surface area (Å²) in [5.41, 5.74) is -4.40. The number of hydrogen-bond acceptors (Lipinski definition) is 3. The number of methoxy groups -OCH3 is 1. The molecule has 4 rings (SSSR count). The van der Waals surface area contributed by atoms with Gasteiger partial charge in [-0.25, -0.2) is 8.42 Å². The van der Waals surface area contributed by atoms with Crippen molar-refractivity contribution in [1.82, 2.24) is 0 Å². The summed E-state index contributed by atoms with van der Waals surface area (Å²) in [5.74, 6) is 0.597. The molecule has 0 aliphatic heterocycles. The van der Waals surface area contributed by atoms with Gasteiger partial charge in [0.05, 0.1) is 17.4 Å². The van der Waals surface area contributed by atoms with E-state index in [1.807, 2.05) is 18.2 Å². The van der Waals surface area contributed by atoms with Crippen molar-refractivity contribution < 1.29 is 26.3 Å². The summed E-state index contributed by atoms with van der Waals surface area (Å²) in [6.07, 6.45) is -0.282. The molecule has 0 fully saturated rings. The predicted octanol–water partition coefficient (Wildman–Crippen LogP) is 5.73. The molecule has 3 nitrogen and oxygen atoms in total. The van der Waals surface area contributed by atoms with Gasteiger partial charge < -0.3 is 4.74 Å². The summed E-state index contributed by atoms with van der Waals surface area (Å²) < 4.78 is 70.7. The molecule has 7 heteroatoms. The van der Waals surface area contributed by atoms with E-state index < -0.39 is 25.7 Å². The molecule has 0 heterocycles. The number of alkyl halides is 3. The molecule has 1 atom stereocenters. The van der Waals surface area contributed by atoms with E-state index in [1.54, 1.807) is 66.7 Å². The summed E-state index contributed by atoms with van der Waals surface area (Å²) in [4.78, 5) is -0.592. The van der Waals surface area contributed by atoms with Crippen LogP contribution in [0.4, 0.5) is 13.2 Å². The molecule has 0 radical (unpaired) electrons. The molecule has 0 bridgehead atoms. The Balaban J connectivity index is 2.05. The van der Waals surface area contributed by atoms with Crippen LogP contribution in [0.2, 0.25) is 0 Å². The van der Waals surface area contributed by atoms with E-state index in [9.17, 15) is 21.6 Å². The zero-order valence-electron chi connectivity index (χ0n) is 16.6. The van der Waals surface area contributed by atoms with Crippen LogP contribution in [0, 0.1) is 0 Å². The molecule has 0 amide bonds. The lowest BCUT2D eigenvalue weighted by atomic mass is 9.58.